The van der Waals surface area contributed by atoms with E-state index in [1.54, 1.807) is 7.05 Å². The summed E-state index contributed by atoms with van der Waals surface area (Å²) in [5, 5.41) is 8.54. The number of carboxylic acids is 1. The highest BCUT2D eigenvalue weighted by Gasteiger charge is 2.12. The predicted molar refractivity (Wildman–Crippen MR) is 96.8 cm³/mol. The van der Waals surface area contributed by atoms with Crippen molar-refractivity contribution in [2.45, 2.75) is 73.1 Å². The maximum absolute atomic E-state index is 10.4. The molecule has 0 heterocycles. The van der Waals surface area contributed by atoms with Gasteiger partial charge in [0, 0.05) is 20.1 Å². The van der Waals surface area contributed by atoms with Crippen LogP contribution < -0.4 is 0 Å². The largest absolute Gasteiger partial charge is 0.481 e. The molecule has 0 radical (unpaired) electrons. The summed E-state index contributed by atoms with van der Waals surface area (Å²) in [7, 11) is -0.318. The van der Waals surface area contributed by atoms with Crippen molar-refractivity contribution >= 4 is 13.5 Å². The van der Waals surface area contributed by atoms with Crippen LogP contribution in [0.2, 0.25) is 0 Å². The van der Waals surface area contributed by atoms with Crippen LogP contribution >= 0.6 is 7.51 Å². The van der Waals surface area contributed by atoms with Gasteiger partial charge in [-0.15, -0.1) is 0 Å². The quantitative estimate of drug-likeness (QED) is 0.340. The molecule has 0 aliphatic carbocycles. The van der Waals surface area contributed by atoms with Crippen LogP contribution in [0.25, 0.3) is 0 Å². The molecule has 0 fully saturated rings. The van der Waals surface area contributed by atoms with Crippen LogP contribution in [0, 0.1) is 0 Å². The Morgan fingerprint density at radius 3 is 1.91 bits per heavy atom. The van der Waals surface area contributed by atoms with Gasteiger partial charge in [0.2, 0.25) is 7.51 Å². The summed E-state index contributed by atoms with van der Waals surface area (Å²) in [4.78, 5) is 10.4. The minimum Gasteiger partial charge on any atom is -0.481 e. The van der Waals surface area contributed by atoms with Crippen molar-refractivity contribution in [2.75, 3.05) is 26.9 Å². The second kappa shape index (κ2) is 17.0. The molecule has 6 heteroatoms. The van der Waals surface area contributed by atoms with Crippen molar-refractivity contribution in [3.05, 3.63) is 0 Å². The summed E-state index contributed by atoms with van der Waals surface area (Å²) in [6.07, 6.45) is 7.37. The highest BCUT2D eigenvalue weighted by molar-refractivity contribution is 7.55. The Bertz CT molecular complexity index is 309. The zero-order valence-electron chi connectivity index (χ0n) is 13.1. The molecule has 0 spiro atoms. The summed E-state index contributed by atoms with van der Waals surface area (Å²) < 4.78 is 15.8. The molecule has 0 amide bonds. The number of carboxylic acid groups (broad SMARTS) is 1. The van der Waals surface area contributed by atoms with Crippen LogP contribution in [0.1, 0.15) is 73.1 Å². The highest BCUT2D eigenvalue weighted by Crippen LogP contribution is 2.47. The van der Waals surface area contributed by atoms with Crippen LogP contribution in [-0.4, -0.2) is 38.0 Å². The normalized spacial score (nSPS) is 12.7. The molecule has 0 bridgehead atoms. The van der Waals surface area contributed by atoms with Gasteiger partial charge in [0.1, 0.15) is 0 Å². The predicted octanol–water partition coefficient (Wildman–Crippen LogP) is 5.81. The minimum atomic E-state index is -2.06. The Balaban J connectivity index is -0.00000180. The smallest absolute Gasteiger partial charge is 0.303 e. The Hall–Kier alpha value is -0.380. The first kappa shape index (κ1) is 26.5. The molecule has 0 aromatic carbocycles. The third kappa shape index (κ3) is 16.0. The molecule has 22 heavy (non-hydrogen) atoms. The average molecular weight is 339 g/mol. The van der Waals surface area contributed by atoms with E-state index in [0.29, 0.717) is 19.6 Å². The van der Waals surface area contributed by atoms with Gasteiger partial charge in [-0.2, -0.15) is 0 Å². The van der Waals surface area contributed by atoms with E-state index >= 15 is 0 Å². The first-order valence-electron chi connectivity index (χ1n) is 7.53. The van der Waals surface area contributed by atoms with Gasteiger partial charge < -0.3 is 14.2 Å². The van der Waals surface area contributed by atoms with Crippen LogP contribution in [0.15, 0.2) is 4.74 Å². The van der Waals surface area contributed by atoms with Crippen molar-refractivity contribution in [1.82, 2.24) is 0 Å². The SMILES string of the molecule is C.C.CCCCCCOP(C)(=NC)OCCCCCC(=O)O. The first-order chi connectivity index (χ1) is 9.54. The molecule has 0 saturated carbocycles. The number of aliphatic carboxylic acids is 1. The number of nitrogens with zero attached hydrogens (tertiary/aromatic N) is 1. The fourth-order valence-corrected chi connectivity index (χ4v) is 2.95. The summed E-state index contributed by atoms with van der Waals surface area (Å²) in [6, 6.07) is 0. The number of unbranched alkanes of at least 4 members (excludes halogenated alkanes) is 5. The lowest BCUT2D eigenvalue weighted by Crippen LogP contribution is -2.00. The number of rotatable bonds is 13. The van der Waals surface area contributed by atoms with Crippen molar-refractivity contribution in [2.24, 2.45) is 4.74 Å². The van der Waals surface area contributed by atoms with Crippen LogP contribution in [-0.2, 0) is 13.8 Å². The zero-order valence-corrected chi connectivity index (χ0v) is 14.0. The lowest BCUT2D eigenvalue weighted by atomic mass is 10.2. The molecule has 5 nitrogen and oxygen atoms in total. The summed E-state index contributed by atoms with van der Waals surface area (Å²) in [5.74, 6) is -0.734. The molecule has 0 aromatic heterocycles. The van der Waals surface area contributed by atoms with E-state index in [2.05, 4.69) is 11.7 Å². The van der Waals surface area contributed by atoms with E-state index in [1.165, 1.54) is 19.3 Å². The third-order valence-electron chi connectivity index (χ3n) is 3.06. The number of hydrogen-bond acceptors (Lipinski definition) is 4. The number of hydrogen-bond donors (Lipinski definition) is 1. The Kier molecular flexibility index (Phi) is 20.5. The first-order valence-corrected chi connectivity index (χ1v) is 9.55. The molecule has 0 rings (SSSR count). The molecular formula is C16H38NO4P. The summed E-state index contributed by atoms with van der Waals surface area (Å²) in [5.41, 5.74) is 0. The maximum atomic E-state index is 10.4. The fraction of sp³-hybridized carbons (Fsp3) is 0.938. The van der Waals surface area contributed by atoms with Gasteiger partial charge >= 0.3 is 5.97 Å². The molecule has 1 N–H and O–H groups in total. The van der Waals surface area contributed by atoms with Gasteiger partial charge in [-0.05, 0) is 19.3 Å². The molecular weight excluding hydrogens is 301 g/mol. The Morgan fingerprint density at radius 2 is 1.50 bits per heavy atom. The van der Waals surface area contributed by atoms with Crippen LogP contribution in [0.3, 0.4) is 0 Å². The van der Waals surface area contributed by atoms with E-state index in [-0.39, 0.29) is 21.3 Å². The third-order valence-corrected chi connectivity index (χ3v) is 5.11. The van der Waals surface area contributed by atoms with Gasteiger partial charge in [0.25, 0.3) is 0 Å². The standard InChI is InChI=1S/C14H30NO4P.2CH4/c1-4-5-6-9-12-18-20(3,15-2)19-13-10-7-8-11-14(16)17;;/h4-13H2,1-3H3,(H,16,17);2*1H4. The molecule has 0 aliphatic rings. The molecule has 0 saturated heterocycles. The molecule has 0 aliphatic heterocycles. The fourth-order valence-electron chi connectivity index (χ4n) is 1.70. The number of carbonyl (C=O) groups is 1. The molecule has 0 aromatic rings. The zero-order chi connectivity index (χ0) is 15.3. The van der Waals surface area contributed by atoms with E-state index < -0.39 is 13.5 Å². The van der Waals surface area contributed by atoms with Gasteiger partial charge in [0.15, 0.2) is 0 Å². The second-order valence-corrected chi connectivity index (χ2v) is 7.46. The van der Waals surface area contributed by atoms with Crippen molar-refractivity contribution < 1.29 is 18.9 Å². The van der Waals surface area contributed by atoms with Gasteiger partial charge in [0.05, 0.1) is 13.2 Å². The lowest BCUT2D eigenvalue weighted by Gasteiger charge is -2.19. The monoisotopic (exact) mass is 339 g/mol. The van der Waals surface area contributed by atoms with Gasteiger partial charge in [-0.1, -0.05) is 47.5 Å². The average Bonchev–Trinajstić information content (AvgIpc) is 2.42. The Labute approximate surface area is 138 Å². The van der Waals surface area contributed by atoms with Crippen molar-refractivity contribution in [1.29, 1.82) is 0 Å². The Morgan fingerprint density at radius 1 is 1.00 bits per heavy atom. The van der Waals surface area contributed by atoms with Gasteiger partial charge in [-0.3, -0.25) is 9.54 Å². The maximum Gasteiger partial charge on any atom is 0.303 e. The van der Waals surface area contributed by atoms with Crippen molar-refractivity contribution in [3.63, 3.8) is 0 Å². The molecule has 136 valence electrons. The van der Waals surface area contributed by atoms with E-state index in [9.17, 15) is 4.79 Å². The lowest BCUT2D eigenvalue weighted by molar-refractivity contribution is -0.137. The van der Waals surface area contributed by atoms with Gasteiger partial charge in [-0.25, -0.2) is 0 Å². The minimum absolute atomic E-state index is 0. The van der Waals surface area contributed by atoms with Crippen LogP contribution in [0.4, 0.5) is 0 Å². The molecule has 1 atom stereocenters. The van der Waals surface area contributed by atoms with E-state index in [1.807, 2.05) is 6.66 Å². The van der Waals surface area contributed by atoms with E-state index in [4.69, 9.17) is 14.2 Å². The molecule has 1 unspecified atom stereocenters. The summed E-state index contributed by atoms with van der Waals surface area (Å²) in [6.45, 7) is 5.42. The summed E-state index contributed by atoms with van der Waals surface area (Å²) >= 11 is 0. The highest BCUT2D eigenvalue weighted by atomic mass is 31.2. The second-order valence-electron chi connectivity index (χ2n) is 4.93. The topological polar surface area (TPSA) is 68.1 Å². The van der Waals surface area contributed by atoms with Crippen molar-refractivity contribution in [3.8, 4) is 0 Å². The van der Waals surface area contributed by atoms with Crippen LogP contribution in [0.5, 0.6) is 0 Å². The van der Waals surface area contributed by atoms with E-state index in [0.717, 1.165) is 19.3 Å².